The molecule has 0 saturated carbocycles. The van der Waals surface area contributed by atoms with Crippen LogP contribution < -0.4 is 15.4 Å². The molecule has 0 aromatic heterocycles. The van der Waals surface area contributed by atoms with Gasteiger partial charge in [-0.05, 0) is 67.6 Å². The molecule has 0 aliphatic carbocycles. The van der Waals surface area contributed by atoms with E-state index in [9.17, 15) is 9.59 Å². The van der Waals surface area contributed by atoms with Crippen LogP contribution in [0.5, 0.6) is 11.5 Å². The Labute approximate surface area is 158 Å². The molecule has 5 heteroatoms. The van der Waals surface area contributed by atoms with E-state index in [1.165, 1.54) is 6.92 Å². The first kappa shape index (κ1) is 18.2. The van der Waals surface area contributed by atoms with E-state index in [-0.39, 0.29) is 11.7 Å². The predicted molar refractivity (Wildman–Crippen MR) is 107 cm³/mol. The number of ketones is 1. The molecule has 0 saturated heterocycles. The lowest BCUT2D eigenvalue weighted by Gasteiger charge is -2.09. The minimum atomic E-state index is -0.249. The van der Waals surface area contributed by atoms with Crippen LogP contribution in [0.25, 0.3) is 0 Å². The summed E-state index contributed by atoms with van der Waals surface area (Å²) in [5.41, 5.74) is 2.64. The molecule has 2 N–H and O–H groups in total. The summed E-state index contributed by atoms with van der Waals surface area (Å²) in [7, 11) is 1.86. The molecule has 0 aliphatic heterocycles. The highest BCUT2D eigenvalue weighted by Gasteiger charge is 2.08. The number of nitrogens with one attached hydrogen (secondary N) is 2. The summed E-state index contributed by atoms with van der Waals surface area (Å²) < 4.78 is 5.78. The van der Waals surface area contributed by atoms with E-state index in [0.717, 1.165) is 5.69 Å². The zero-order valence-corrected chi connectivity index (χ0v) is 15.2. The predicted octanol–water partition coefficient (Wildman–Crippen LogP) is 4.98. The first-order valence-electron chi connectivity index (χ1n) is 8.53. The maximum absolute atomic E-state index is 12.4. The van der Waals surface area contributed by atoms with Gasteiger partial charge in [0.05, 0.1) is 0 Å². The molecule has 5 nitrogen and oxygen atoms in total. The van der Waals surface area contributed by atoms with E-state index in [2.05, 4.69) is 10.6 Å². The third-order valence-electron chi connectivity index (χ3n) is 4.02. The Morgan fingerprint density at radius 3 is 2.00 bits per heavy atom. The van der Waals surface area contributed by atoms with E-state index >= 15 is 0 Å². The quantitative estimate of drug-likeness (QED) is 0.609. The van der Waals surface area contributed by atoms with Crippen molar-refractivity contribution in [3.05, 3.63) is 83.9 Å². The van der Waals surface area contributed by atoms with Crippen LogP contribution in [0.15, 0.2) is 72.8 Å². The van der Waals surface area contributed by atoms with Crippen molar-refractivity contribution >= 4 is 23.1 Å². The summed E-state index contributed by atoms with van der Waals surface area (Å²) in [4.78, 5) is 23.8. The van der Waals surface area contributed by atoms with E-state index in [1.807, 2.05) is 31.3 Å². The summed E-state index contributed by atoms with van der Waals surface area (Å²) in [6.07, 6.45) is 0. The number of Topliss-reactive ketones (excluding diaryl/α,β-unsaturated/α-hetero) is 1. The summed E-state index contributed by atoms with van der Waals surface area (Å²) >= 11 is 0. The minimum absolute atomic E-state index is 0.0460. The molecule has 0 aliphatic rings. The van der Waals surface area contributed by atoms with Gasteiger partial charge in [0.25, 0.3) is 5.91 Å². The highest BCUT2D eigenvalue weighted by atomic mass is 16.5. The first-order valence-corrected chi connectivity index (χ1v) is 8.53. The minimum Gasteiger partial charge on any atom is -0.457 e. The van der Waals surface area contributed by atoms with Crippen LogP contribution in [-0.4, -0.2) is 18.7 Å². The normalized spacial score (nSPS) is 10.1. The summed E-state index contributed by atoms with van der Waals surface area (Å²) in [6, 6.07) is 21.3. The molecule has 27 heavy (non-hydrogen) atoms. The number of rotatable bonds is 6. The second-order valence-electron chi connectivity index (χ2n) is 5.99. The fourth-order valence-corrected chi connectivity index (χ4v) is 2.52. The van der Waals surface area contributed by atoms with Gasteiger partial charge in [-0.15, -0.1) is 0 Å². The monoisotopic (exact) mass is 360 g/mol. The molecule has 0 spiro atoms. The van der Waals surface area contributed by atoms with E-state index in [4.69, 9.17) is 4.74 Å². The second kappa shape index (κ2) is 8.19. The fraction of sp³-hybridized carbons (Fsp3) is 0.0909. The summed E-state index contributed by atoms with van der Waals surface area (Å²) in [6.45, 7) is 1.49. The largest absolute Gasteiger partial charge is 0.457 e. The van der Waals surface area contributed by atoms with Crippen molar-refractivity contribution in [2.24, 2.45) is 0 Å². The van der Waals surface area contributed by atoms with Gasteiger partial charge in [-0.25, -0.2) is 0 Å². The molecule has 3 aromatic carbocycles. The molecule has 3 rings (SSSR count). The molecular formula is C22H20N2O3. The van der Waals surface area contributed by atoms with Crippen molar-refractivity contribution in [3.8, 4) is 11.5 Å². The Bertz CT molecular complexity index is 948. The molecule has 3 aromatic rings. The van der Waals surface area contributed by atoms with Crippen molar-refractivity contribution < 1.29 is 14.3 Å². The van der Waals surface area contributed by atoms with Crippen LogP contribution in [0, 0.1) is 0 Å². The number of ether oxygens (including phenoxy) is 1. The number of amides is 1. The van der Waals surface area contributed by atoms with Crippen LogP contribution in [0.4, 0.5) is 11.4 Å². The number of carbonyl (C=O) groups is 2. The summed E-state index contributed by atoms with van der Waals surface area (Å²) in [5.74, 6) is 1.06. The fourth-order valence-electron chi connectivity index (χ4n) is 2.52. The highest BCUT2D eigenvalue weighted by Crippen LogP contribution is 2.23. The van der Waals surface area contributed by atoms with Crippen LogP contribution in [0.1, 0.15) is 27.6 Å². The SMILES string of the molecule is CNc1ccc(Oc2ccc(C(=O)Nc3cccc(C(C)=O)c3)cc2)cc1. The summed E-state index contributed by atoms with van der Waals surface area (Å²) in [5, 5.41) is 5.85. The lowest BCUT2D eigenvalue weighted by molar-refractivity contribution is 0.101. The molecule has 0 heterocycles. The first-order chi connectivity index (χ1) is 13.0. The van der Waals surface area contributed by atoms with E-state index in [0.29, 0.717) is 28.3 Å². The molecule has 1 amide bonds. The van der Waals surface area contributed by atoms with Gasteiger partial charge in [-0.2, -0.15) is 0 Å². The van der Waals surface area contributed by atoms with Gasteiger partial charge in [-0.3, -0.25) is 9.59 Å². The second-order valence-corrected chi connectivity index (χ2v) is 5.99. The number of hydrogen-bond donors (Lipinski definition) is 2. The van der Waals surface area contributed by atoms with E-state index < -0.39 is 0 Å². The Morgan fingerprint density at radius 2 is 1.41 bits per heavy atom. The Balaban J connectivity index is 1.66. The Hall–Kier alpha value is -3.60. The zero-order valence-electron chi connectivity index (χ0n) is 15.2. The third-order valence-corrected chi connectivity index (χ3v) is 4.02. The average molecular weight is 360 g/mol. The zero-order chi connectivity index (χ0) is 19.2. The standard InChI is InChI=1S/C22H20N2O3/c1-15(25)17-4-3-5-19(14-17)24-22(26)16-6-10-20(11-7-16)27-21-12-8-18(23-2)9-13-21/h3-14,23H,1-2H3,(H,24,26). The van der Waals surface area contributed by atoms with Crippen LogP contribution in [-0.2, 0) is 0 Å². The van der Waals surface area contributed by atoms with Gasteiger partial charge in [0.1, 0.15) is 11.5 Å². The van der Waals surface area contributed by atoms with Crippen molar-refractivity contribution in [1.82, 2.24) is 0 Å². The average Bonchev–Trinajstić information content (AvgIpc) is 2.69. The highest BCUT2D eigenvalue weighted by molar-refractivity contribution is 6.05. The number of hydrogen-bond acceptors (Lipinski definition) is 4. The van der Waals surface area contributed by atoms with E-state index in [1.54, 1.807) is 48.5 Å². The number of carbonyl (C=O) groups excluding carboxylic acids is 2. The molecule has 136 valence electrons. The van der Waals surface area contributed by atoms with Gasteiger partial charge in [0.15, 0.2) is 5.78 Å². The molecule has 0 radical (unpaired) electrons. The van der Waals surface area contributed by atoms with Crippen molar-refractivity contribution in [1.29, 1.82) is 0 Å². The van der Waals surface area contributed by atoms with Gasteiger partial charge in [0.2, 0.25) is 0 Å². The van der Waals surface area contributed by atoms with Crippen LogP contribution in [0.2, 0.25) is 0 Å². The lowest BCUT2D eigenvalue weighted by Crippen LogP contribution is -2.12. The van der Waals surface area contributed by atoms with Crippen molar-refractivity contribution in [2.45, 2.75) is 6.92 Å². The molecular weight excluding hydrogens is 340 g/mol. The number of anilines is 2. The smallest absolute Gasteiger partial charge is 0.255 e. The van der Waals surface area contributed by atoms with Crippen LogP contribution in [0.3, 0.4) is 0 Å². The molecule has 0 bridgehead atoms. The topological polar surface area (TPSA) is 67.4 Å². The van der Waals surface area contributed by atoms with Gasteiger partial charge >= 0.3 is 0 Å². The molecule has 0 unspecified atom stereocenters. The maximum Gasteiger partial charge on any atom is 0.255 e. The maximum atomic E-state index is 12.4. The van der Waals surface area contributed by atoms with Crippen molar-refractivity contribution in [2.75, 3.05) is 17.7 Å². The molecule has 0 fully saturated rings. The van der Waals surface area contributed by atoms with Gasteiger partial charge < -0.3 is 15.4 Å². The molecule has 0 atom stereocenters. The van der Waals surface area contributed by atoms with Gasteiger partial charge in [-0.1, -0.05) is 12.1 Å². The van der Waals surface area contributed by atoms with Gasteiger partial charge in [0, 0.05) is 29.5 Å². The van der Waals surface area contributed by atoms with Crippen molar-refractivity contribution in [3.63, 3.8) is 0 Å². The number of benzene rings is 3. The lowest BCUT2D eigenvalue weighted by atomic mass is 10.1. The Kier molecular flexibility index (Phi) is 5.52. The Morgan fingerprint density at radius 1 is 0.778 bits per heavy atom. The third kappa shape index (κ3) is 4.73. The van der Waals surface area contributed by atoms with Crippen LogP contribution >= 0.6 is 0 Å².